The van der Waals surface area contributed by atoms with Crippen LogP contribution in [0.3, 0.4) is 0 Å². The number of hydrogen-bond donors (Lipinski definition) is 1. The van der Waals surface area contributed by atoms with Crippen molar-refractivity contribution in [1.82, 2.24) is 10.2 Å². The van der Waals surface area contributed by atoms with Crippen LogP contribution in [0.1, 0.15) is 11.1 Å². The molecular weight excluding hydrogens is 655 g/mol. The molecule has 0 aliphatic rings. The number of thioether (sulfide) groups is 1. The van der Waals surface area contributed by atoms with Gasteiger partial charge in [0.15, 0.2) is 11.5 Å². The molecule has 4 aromatic rings. The fourth-order valence-electron chi connectivity index (χ4n) is 3.31. The quantitative estimate of drug-likeness (QED) is 0.132. The third-order valence-corrected chi connectivity index (χ3v) is 7.54. The second-order valence-corrected chi connectivity index (χ2v) is 10.8. The Hall–Kier alpha value is -2.89. The van der Waals surface area contributed by atoms with E-state index in [1.54, 1.807) is 48.5 Å². The van der Waals surface area contributed by atoms with Crippen LogP contribution in [-0.2, 0) is 11.4 Å². The molecule has 0 aliphatic heterocycles. The zero-order valence-electron chi connectivity index (χ0n) is 20.2. The Morgan fingerprint density at radius 2 is 1.72 bits per heavy atom. The molecule has 0 saturated heterocycles. The number of rotatable bonds is 10. The highest BCUT2D eigenvalue weighted by Gasteiger charge is 2.20. The van der Waals surface area contributed by atoms with Crippen LogP contribution < -0.4 is 14.2 Å². The summed E-state index contributed by atoms with van der Waals surface area (Å²) in [6.45, 7) is 0.168. The summed E-state index contributed by atoms with van der Waals surface area (Å²) in [6.07, 6.45) is 1.45. The van der Waals surface area contributed by atoms with Gasteiger partial charge in [0, 0.05) is 25.1 Å². The molecule has 0 radical (unpaired) electrons. The lowest BCUT2D eigenvalue weighted by Gasteiger charge is -2.14. The Morgan fingerprint density at radius 3 is 2.41 bits per heavy atom. The first-order chi connectivity index (χ1) is 18.7. The van der Waals surface area contributed by atoms with Crippen molar-refractivity contribution in [3.63, 3.8) is 0 Å². The second kappa shape index (κ2) is 13.0. The van der Waals surface area contributed by atoms with Gasteiger partial charge in [-0.25, -0.2) is 4.79 Å². The number of carboxylic acid groups (broad SMARTS) is 1. The summed E-state index contributed by atoms with van der Waals surface area (Å²) in [7, 11) is 2.98. The standard InChI is InChI=1S/C26H18BrCl3N2O6S/c1-35-20-6-5-15(28)9-17(20)24-31-32-26(38-24)39-23(25(33)34)8-14-7-21(36-2)22(11-18(14)27)37-12-13-3-4-16(29)10-19(13)30/h3-11H,12H2,1-2H3,(H,33,34)/b23-8-. The summed E-state index contributed by atoms with van der Waals surface area (Å²) >= 11 is 22.6. The number of carbonyl (C=O) groups is 1. The van der Waals surface area contributed by atoms with Crippen LogP contribution in [0.2, 0.25) is 15.1 Å². The molecule has 0 atom stereocenters. The number of halogens is 4. The molecule has 4 rings (SSSR count). The molecule has 13 heteroatoms. The molecular formula is C26H18BrCl3N2O6S. The Labute approximate surface area is 251 Å². The Balaban J connectivity index is 1.58. The summed E-state index contributed by atoms with van der Waals surface area (Å²) in [5, 5.41) is 19.3. The lowest BCUT2D eigenvalue weighted by Crippen LogP contribution is -2.00. The average molecular weight is 673 g/mol. The van der Waals surface area contributed by atoms with E-state index in [1.165, 1.54) is 20.3 Å². The number of benzene rings is 3. The van der Waals surface area contributed by atoms with E-state index in [0.29, 0.717) is 47.9 Å². The predicted octanol–water partition coefficient (Wildman–Crippen LogP) is 8.27. The van der Waals surface area contributed by atoms with Gasteiger partial charge in [-0.15, -0.1) is 10.2 Å². The van der Waals surface area contributed by atoms with Crippen LogP contribution in [0.5, 0.6) is 17.2 Å². The first kappa shape index (κ1) is 29.1. The number of nitrogens with zero attached hydrogens (tertiary/aromatic N) is 2. The molecule has 39 heavy (non-hydrogen) atoms. The average Bonchev–Trinajstić information content (AvgIpc) is 3.37. The summed E-state index contributed by atoms with van der Waals surface area (Å²) < 4.78 is 23.0. The number of methoxy groups -OCH3 is 2. The zero-order chi connectivity index (χ0) is 28.1. The maximum atomic E-state index is 12.1. The van der Waals surface area contributed by atoms with Crippen molar-refractivity contribution in [3.8, 4) is 28.7 Å². The summed E-state index contributed by atoms with van der Waals surface area (Å²) in [5.74, 6) is 0.229. The fourth-order valence-corrected chi connectivity index (χ4v) is 5.04. The van der Waals surface area contributed by atoms with E-state index >= 15 is 0 Å². The van der Waals surface area contributed by atoms with Gasteiger partial charge < -0.3 is 23.7 Å². The molecule has 202 valence electrons. The van der Waals surface area contributed by atoms with E-state index in [2.05, 4.69) is 26.1 Å². The van der Waals surface area contributed by atoms with Gasteiger partial charge >= 0.3 is 5.97 Å². The van der Waals surface area contributed by atoms with Crippen molar-refractivity contribution < 1.29 is 28.5 Å². The molecule has 1 heterocycles. The zero-order valence-corrected chi connectivity index (χ0v) is 24.9. The molecule has 0 aliphatic carbocycles. The normalized spacial score (nSPS) is 11.4. The summed E-state index contributed by atoms with van der Waals surface area (Å²) in [5.41, 5.74) is 1.74. The summed E-state index contributed by atoms with van der Waals surface area (Å²) in [4.78, 5) is 12.0. The molecule has 1 aromatic heterocycles. The molecule has 0 amide bonds. The van der Waals surface area contributed by atoms with Gasteiger partial charge in [0.25, 0.3) is 11.1 Å². The predicted molar refractivity (Wildman–Crippen MR) is 154 cm³/mol. The van der Waals surface area contributed by atoms with Crippen LogP contribution in [0.15, 0.2) is 67.5 Å². The van der Waals surface area contributed by atoms with E-state index in [0.717, 1.165) is 17.3 Å². The minimum atomic E-state index is -1.19. The van der Waals surface area contributed by atoms with Gasteiger partial charge in [0.05, 0.1) is 19.8 Å². The highest BCUT2D eigenvalue weighted by molar-refractivity contribution is 9.10. The molecule has 0 spiro atoms. The number of aromatic nitrogens is 2. The SMILES string of the molecule is COc1cc(/C=C(\Sc2nnc(-c3cc(Cl)ccc3OC)o2)C(=O)O)c(Br)cc1OCc1ccc(Cl)cc1Cl. The Morgan fingerprint density at radius 1 is 1.00 bits per heavy atom. The molecule has 3 aromatic carbocycles. The van der Waals surface area contributed by atoms with Gasteiger partial charge in [-0.2, -0.15) is 0 Å². The second-order valence-electron chi connectivity index (χ2n) is 7.68. The van der Waals surface area contributed by atoms with E-state index in [9.17, 15) is 9.90 Å². The van der Waals surface area contributed by atoms with Crippen LogP contribution in [0.4, 0.5) is 0 Å². The molecule has 0 fully saturated rings. The minimum absolute atomic E-state index is 0.0172. The highest BCUT2D eigenvalue weighted by atomic mass is 79.9. The molecule has 8 nitrogen and oxygen atoms in total. The third kappa shape index (κ3) is 7.20. The number of hydrogen-bond acceptors (Lipinski definition) is 8. The maximum Gasteiger partial charge on any atom is 0.342 e. The largest absolute Gasteiger partial charge is 0.496 e. The first-order valence-electron chi connectivity index (χ1n) is 10.9. The van der Waals surface area contributed by atoms with Gasteiger partial charge in [-0.1, -0.05) is 56.8 Å². The maximum absolute atomic E-state index is 12.1. The van der Waals surface area contributed by atoms with Crippen molar-refractivity contribution in [2.75, 3.05) is 14.2 Å². The number of aliphatic carboxylic acids is 1. The van der Waals surface area contributed by atoms with E-state index in [-0.39, 0.29) is 22.6 Å². The smallest absolute Gasteiger partial charge is 0.342 e. The van der Waals surface area contributed by atoms with Crippen molar-refractivity contribution >= 4 is 74.5 Å². The van der Waals surface area contributed by atoms with Crippen LogP contribution in [-0.4, -0.2) is 35.5 Å². The van der Waals surface area contributed by atoms with E-state index < -0.39 is 5.97 Å². The first-order valence-corrected chi connectivity index (χ1v) is 13.7. The number of carboxylic acids is 1. The lowest BCUT2D eigenvalue weighted by atomic mass is 10.2. The van der Waals surface area contributed by atoms with Crippen LogP contribution in [0.25, 0.3) is 17.5 Å². The van der Waals surface area contributed by atoms with Gasteiger partial charge in [-0.3, -0.25) is 0 Å². The minimum Gasteiger partial charge on any atom is -0.496 e. The summed E-state index contributed by atoms with van der Waals surface area (Å²) in [6, 6.07) is 13.4. The third-order valence-electron chi connectivity index (χ3n) is 5.17. The van der Waals surface area contributed by atoms with Crippen molar-refractivity contribution in [2.45, 2.75) is 11.8 Å². The van der Waals surface area contributed by atoms with Gasteiger partial charge in [-0.05, 0) is 65.9 Å². The lowest BCUT2D eigenvalue weighted by molar-refractivity contribution is -0.131. The monoisotopic (exact) mass is 670 g/mol. The number of ether oxygens (including phenoxy) is 3. The topological polar surface area (TPSA) is 104 Å². The van der Waals surface area contributed by atoms with Crippen molar-refractivity contribution in [1.29, 1.82) is 0 Å². The highest BCUT2D eigenvalue weighted by Crippen LogP contribution is 2.38. The Kier molecular flexibility index (Phi) is 9.68. The molecule has 0 bridgehead atoms. The molecule has 0 unspecified atom stereocenters. The molecule has 0 saturated carbocycles. The van der Waals surface area contributed by atoms with Crippen LogP contribution in [0, 0.1) is 0 Å². The molecule has 1 N–H and O–H groups in total. The Bertz CT molecular complexity index is 1560. The fraction of sp³-hybridized carbons (Fsp3) is 0.115. The van der Waals surface area contributed by atoms with Gasteiger partial charge in [0.1, 0.15) is 17.3 Å². The van der Waals surface area contributed by atoms with Gasteiger partial charge in [0.2, 0.25) is 0 Å². The van der Waals surface area contributed by atoms with E-state index in [4.69, 9.17) is 53.4 Å². The van der Waals surface area contributed by atoms with Crippen LogP contribution >= 0.6 is 62.5 Å². The van der Waals surface area contributed by atoms with Crippen molar-refractivity contribution in [2.24, 2.45) is 0 Å². The van der Waals surface area contributed by atoms with Crippen molar-refractivity contribution in [3.05, 3.63) is 84.1 Å². The van der Waals surface area contributed by atoms with E-state index in [1.807, 2.05) is 0 Å².